The van der Waals surface area contributed by atoms with Crippen LogP contribution in [0, 0.1) is 5.82 Å². The summed E-state index contributed by atoms with van der Waals surface area (Å²) in [6.45, 7) is 0. The molecule has 5 nitrogen and oxygen atoms in total. The van der Waals surface area contributed by atoms with Gasteiger partial charge in [0.15, 0.2) is 0 Å². The predicted octanol–water partition coefficient (Wildman–Crippen LogP) is 1.45. The lowest BCUT2D eigenvalue weighted by atomic mass is 10.2. The first-order chi connectivity index (χ1) is 8.16. The van der Waals surface area contributed by atoms with E-state index < -0.39 is 11.7 Å². The zero-order valence-corrected chi connectivity index (χ0v) is 8.72. The molecule has 0 radical (unpaired) electrons. The molecular weight excluding hydrogens is 223 g/mol. The molecule has 2 aromatic rings. The van der Waals surface area contributed by atoms with Crippen molar-refractivity contribution in [2.75, 3.05) is 11.1 Å². The van der Waals surface area contributed by atoms with Crippen LogP contribution in [0.4, 0.5) is 15.8 Å². The molecule has 1 amide bonds. The van der Waals surface area contributed by atoms with E-state index in [0.29, 0.717) is 5.69 Å². The molecule has 3 N–H and O–H groups in total. The SMILES string of the molecule is Nc1cc(F)ccc1NC(=O)c1cnccn1. The first-order valence-electron chi connectivity index (χ1n) is 4.79. The number of nitrogens with zero attached hydrogens (tertiary/aromatic N) is 2. The van der Waals surface area contributed by atoms with E-state index >= 15 is 0 Å². The monoisotopic (exact) mass is 232 g/mol. The summed E-state index contributed by atoms with van der Waals surface area (Å²) in [6, 6.07) is 3.73. The molecule has 2 rings (SSSR count). The fraction of sp³-hybridized carbons (Fsp3) is 0. The van der Waals surface area contributed by atoms with Crippen molar-refractivity contribution in [3.8, 4) is 0 Å². The molecule has 0 aliphatic heterocycles. The first kappa shape index (κ1) is 11.0. The molecule has 0 aliphatic rings. The van der Waals surface area contributed by atoms with E-state index in [1.807, 2.05) is 0 Å². The topological polar surface area (TPSA) is 80.9 Å². The third-order valence-corrected chi connectivity index (χ3v) is 2.06. The van der Waals surface area contributed by atoms with Crippen molar-refractivity contribution in [1.82, 2.24) is 9.97 Å². The van der Waals surface area contributed by atoms with Gasteiger partial charge in [-0.3, -0.25) is 9.78 Å². The highest BCUT2D eigenvalue weighted by Crippen LogP contribution is 2.19. The van der Waals surface area contributed by atoms with Crippen molar-refractivity contribution in [1.29, 1.82) is 0 Å². The van der Waals surface area contributed by atoms with Gasteiger partial charge in [-0.1, -0.05) is 0 Å². The van der Waals surface area contributed by atoms with E-state index in [4.69, 9.17) is 5.73 Å². The van der Waals surface area contributed by atoms with Gasteiger partial charge >= 0.3 is 0 Å². The molecule has 0 aliphatic carbocycles. The highest BCUT2D eigenvalue weighted by Gasteiger charge is 2.09. The number of rotatable bonds is 2. The van der Waals surface area contributed by atoms with Gasteiger partial charge in [0.25, 0.3) is 5.91 Å². The number of aromatic nitrogens is 2. The van der Waals surface area contributed by atoms with Crippen molar-refractivity contribution in [3.63, 3.8) is 0 Å². The van der Waals surface area contributed by atoms with E-state index in [0.717, 1.165) is 6.07 Å². The third kappa shape index (κ3) is 2.54. The van der Waals surface area contributed by atoms with E-state index in [2.05, 4.69) is 15.3 Å². The zero-order valence-electron chi connectivity index (χ0n) is 8.72. The van der Waals surface area contributed by atoms with Crippen LogP contribution in [0.3, 0.4) is 0 Å². The Morgan fingerprint density at radius 3 is 2.82 bits per heavy atom. The number of nitrogens with one attached hydrogen (secondary N) is 1. The number of halogens is 1. The highest BCUT2D eigenvalue weighted by atomic mass is 19.1. The van der Waals surface area contributed by atoms with Crippen LogP contribution in [0.1, 0.15) is 10.5 Å². The minimum atomic E-state index is -0.458. The van der Waals surface area contributed by atoms with Crippen molar-refractivity contribution < 1.29 is 9.18 Å². The molecule has 0 fully saturated rings. The summed E-state index contributed by atoms with van der Waals surface area (Å²) in [5.41, 5.74) is 6.21. The maximum Gasteiger partial charge on any atom is 0.275 e. The summed E-state index contributed by atoms with van der Waals surface area (Å²) < 4.78 is 12.8. The van der Waals surface area contributed by atoms with Gasteiger partial charge in [0.1, 0.15) is 11.5 Å². The molecule has 86 valence electrons. The number of carbonyl (C=O) groups is 1. The Morgan fingerprint density at radius 2 is 2.18 bits per heavy atom. The molecule has 0 bridgehead atoms. The van der Waals surface area contributed by atoms with Gasteiger partial charge in [0.05, 0.1) is 17.6 Å². The van der Waals surface area contributed by atoms with Gasteiger partial charge in [-0.2, -0.15) is 0 Å². The number of benzene rings is 1. The van der Waals surface area contributed by atoms with Crippen LogP contribution in [-0.4, -0.2) is 15.9 Å². The summed E-state index contributed by atoms with van der Waals surface area (Å²) >= 11 is 0. The Labute approximate surface area is 96.5 Å². The fourth-order valence-electron chi connectivity index (χ4n) is 1.25. The second-order valence-corrected chi connectivity index (χ2v) is 3.28. The van der Waals surface area contributed by atoms with Gasteiger partial charge in [0, 0.05) is 12.4 Å². The van der Waals surface area contributed by atoms with Crippen molar-refractivity contribution in [3.05, 3.63) is 48.3 Å². The quantitative estimate of drug-likeness (QED) is 0.768. The summed E-state index contributed by atoms with van der Waals surface area (Å²) in [6.07, 6.45) is 4.20. The highest BCUT2D eigenvalue weighted by molar-refractivity contribution is 6.04. The molecule has 17 heavy (non-hydrogen) atoms. The largest absolute Gasteiger partial charge is 0.397 e. The van der Waals surface area contributed by atoms with Crippen LogP contribution in [0.2, 0.25) is 0 Å². The summed E-state index contributed by atoms with van der Waals surface area (Å²) in [7, 11) is 0. The number of carbonyl (C=O) groups excluding carboxylic acids is 1. The van der Waals surface area contributed by atoms with E-state index in [1.165, 1.54) is 30.7 Å². The number of nitrogens with two attached hydrogens (primary N) is 1. The summed E-state index contributed by atoms with van der Waals surface area (Å²) in [5, 5.41) is 2.52. The van der Waals surface area contributed by atoms with Gasteiger partial charge in [-0.25, -0.2) is 9.37 Å². The molecule has 1 aromatic heterocycles. The zero-order chi connectivity index (χ0) is 12.3. The van der Waals surface area contributed by atoms with Gasteiger partial charge in [-0.15, -0.1) is 0 Å². The smallest absolute Gasteiger partial charge is 0.275 e. The average Bonchev–Trinajstić information content (AvgIpc) is 2.34. The number of hydrogen-bond donors (Lipinski definition) is 2. The molecule has 0 unspecified atom stereocenters. The number of amides is 1. The Morgan fingerprint density at radius 1 is 1.35 bits per heavy atom. The standard InChI is InChI=1S/C11H9FN4O/c12-7-1-2-9(8(13)5-7)16-11(17)10-6-14-3-4-15-10/h1-6H,13H2,(H,16,17). The lowest BCUT2D eigenvalue weighted by Gasteiger charge is -2.07. The normalized spacial score (nSPS) is 9.94. The van der Waals surface area contributed by atoms with Crippen LogP contribution >= 0.6 is 0 Å². The maximum atomic E-state index is 12.8. The Balaban J connectivity index is 2.19. The van der Waals surface area contributed by atoms with Crippen LogP contribution in [0.25, 0.3) is 0 Å². The second kappa shape index (κ2) is 4.56. The fourth-order valence-corrected chi connectivity index (χ4v) is 1.25. The Hall–Kier alpha value is -2.50. The molecule has 0 saturated carbocycles. The van der Waals surface area contributed by atoms with Gasteiger partial charge in [0.2, 0.25) is 0 Å². The molecule has 0 atom stereocenters. The van der Waals surface area contributed by atoms with Gasteiger partial charge < -0.3 is 11.1 Å². The molecular formula is C11H9FN4O. The maximum absolute atomic E-state index is 12.8. The molecule has 1 heterocycles. The Bertz CT molecular complexity index is 544. The number of nitrogen functional groups attached to an aromatic ring is 1. The molecule has 6 heteroatoms. The number of anilines is 2. The van der Waals surface area contributed by atoms with Crippen LogP contribution in [0.15, 0.2) is 36.8 Å². The van der Waals surface area contributed by atoms with E-state index in [9.17, 15) is 9.18 Å². The summed E-state index contributed by atoms with van der Waals surface area (Å²) in [5.74, 6) is -0.906. The van der Waals surface area contributed by atoms with Crippen LogP contribution < -0.4 is 11.1 Å². The van der Waals surface area contributed by atoms with Gasteiger partial charge in [-0.05, 0) is 18.2 Å². The van der Waals surface area contributed by atoms with Crippen molar-refractivity contribution in [2.24, 2.45) is 0 Å². The molecule has 0 spiro atoms. The van der Waals surface area contributed by atoms with E-state index in [-0.39, 0.29) is 11.4 Å². The second-order valence-electron chi connectivity index (χ2n) is 3.28. The van der Waals surface area contributed by atoms with E-state index in [1.54, 1.807) is 0 Å². The van der Waals surface area contributed by atoms with Crippen LogP contribution in [-0.2, 0) is 0 Å². The minimum Gasteiger partial charge on any atom is -0.397 e. The lowest BCUT2D eigenvalue weighted by molar-refractivity contribution is 0.102. The number of hydrogen-bond acceptors (Lipinski definition) is 4. The predicted molar refractivity (Wildman–Crippen MR) is 60.8 cm³/mol. The van der Waals surface area contributed by atoms with Crippen molar-refractivity contribution in [2.45, 2.75) is 0 Å². The summed E-state index contributed by atoms with van der Waals surface area (Å²) in [4.78, 5) is 19.3. The Kier molecular flexibility index (Phi) is 2.95. The molecule has 0 saturated heterocycles. The average molecular weight is 232 g/mol. The first-order valence-corrected chi connectivity index (χ1v) is 4.79. The molecule has 1 aromatic carbocycles. The third-order valence-electron chi connectivity index (χ3n) is 2.06. The van der Waals surface area contributed by atoms with Crippen LogP contribution in [0.5, 0.6) is 0 Å². The minimum absolute atomic E-state index is 0.155. The lowest BCUT2D eigenvalue weighted by Crippen LogP contribution is -2.14. The van der Waals surface area contributed by atoms with Crippen molar-refractivity contribution >= 4 is 17.3 Å².